The predicted octanol–water partition coefficient (Wildman–Crippen LogP) is -5.49. The van der Waals surface area contributed by atoms with Gasteiger partial charge in [-0.2, -0.15) is 0 Å². The summed E-state index contributed by atoms with van der Waals surface area (Å²) >= 11 is 0. The molecule has 4 rings (SSSR count). The van der Waals surface area contributed by atoms with Crippen molar-refractivity contribution in [3.63, 3.8) is 0 Å². The topological polar surface area (TPSA) is 258 Å². The molecule has 15 atom stereocenters. The van der Waals surface area contributed by atoms with Gasteiger partial charge in [0, 0.05) is 0 Å². The highest BCUT2D eigenvalue weighted by molar-refractivity contribution is 5.21. The van der Waals surface area contributed by atoms with Crippen molar-refractivity contribution in [3.05, 3.63) is 30.3 Å². The van der Waals surface area contributed by atoms with E-state index in [2.05, 4.69) is 0 Å². The van der Waals surface area contributed by atoms with Crippen LogP contribution in [0.5, 0.6) is 5.75 Å². The van der Waals surface area contributed by atoms with Crippen LogP contribution in [0.4, 0.5) is 0 Å². The molecule has 16 nitrogen and oxygen atoms in total. The maximum absolute atomic E-state index is 10.8. The molecule has 0 aromatic heterocycles. The average molecular weight is 581 g/mol. The fourth-order valence-electron chi connectivity index (χ4n) is 4.77. The fourth-order valence-corrected chi connectivity index (χ4v) is 4.77. The van der Waals surface area contributed by atoms with Crippen molar-refractivity contribution >= 4 is 0 Å². The van der Waals surface area contributed by atoms with Crippen LogP contribution in [0.2, 0.25) is 0 Å². The largest absolute Gasteiger partial charge is 0.462 e. The third-order valence-corrected chi connectivity index (χ3v) is 7.07. The Kier molecular flexibility index (Phi) is 10.7. The second-order valence-corrected chi connectivity index (χ2v) is 9.74. The Labute approximate surface area is 228 Å². The summed E-state index contributed by atoms with van der Waals surface area (Å²) in [5.74, 6) is 0.320. The van der Waals surface area contributed by atoms with Crippen LogP contribution in [0.3, 0.4) is 0 Å². The van der Waals surface area contributed by atoms with E-state index in [0.29, 0.717) is 5.75 Å². The lowest BCUT2D eigenvalue weighted by atomic mass is 9.96. The van der Waals surface area contributed by atoms with Crippen LogP contribution in [-0.4, -0.2) is 163 Å². The van der Waals surface area contributed by atoms with E-state index in [-0.39, 0.29) is 0 Å². The molecule has 3 heterocycles. The zero-order valence-electron chi connectivity index (χ0n) is 21.1. The first-order valence-electron chi connectivity index (χ1n) is 12.7. The number of ether oxygens (including phenoxy) is 6. The van der Waals surface area contributed by atoms with E-state index in [1.807, 2.05) is 0 Å². The van der Waals surface area contributed by atoms with Gasteiger partial charge in [0.05, 0.1) is 19.8 Å². The lowest BCUT2D eigenvalue weighted by Gasteiger charge is -2.48. The fraction of sp³-hybridized carbons (Fsp3) is 0.750. The summed E-state index contributed by atoms with van der Waals surface area (Å²) < 4.78 is 33.0. The first-order valence-corrected chi connectivity index (χ1v) is 12.7. The zero-order valence-corrected chi connectivity index (χ0v) is 21.1. The van der Waals surface area contributed by atoms with Gasteiger partial charge >= 0.3 is 0 Å². The second kappa shape index (κ2) is 13.6. The maximum Gasteiger partial charge on any atom is 0.229 e. The Bertz CT molecular complexity index is 904. The van der Waals surface area contributed by atoms with Crippen molar-refractivity contribution in [1.29, 1.82) is 0 Å². The van der Waals surface area contributed by atoms with Gasteiger partial charge in [0.2, 0.25) is 6.29 Å². The minimum atomic E-state index is -1.90. The highest BCUT2D eigenvalue weighted by Gasteiger charge is 2.53. The number of rotatable bonds is 9. The van der Waals surface area contributed by atoms with Crippen LogP contribution in [0.25, 0.3) is 0 Å². The standard InChI is InChI=1S/C24H36O16/c25-6-10-13(28)14(29)17(32)23(36-10)39-21-12(8-27)38-24(19(34)16(21)31)40-20-11(7-26)37-22(18(33)15(20)30)35-9-4-2-1-3-5-9/h1-5,10-34H,6-8H2/t10-,11-,12-,13-,14+,15-,16-,17-,18-,19-,20-,21-,22+,23-,24-/m1/s1. The molecular formula is C24H36O16. The number of aliphatic hydroxyl groups excluding tert-OH is 10. The Morgan fingerprint density at radius 3 is 1.43 bits per heavy atom. The maximum atomic E-state index is 10.8. The predicted molar refractivity (Wildman–Crippen MR) is 126 cm³/mol. The van der Waals surface area contributed by atoms with Crippen molar-refractivity contribution in [2.75, 3.05) is 19.8 Å². The van der Waals surface area contributed by atoms with Crippen molar-refractivity contribution in [1.82, 2.24) is 0 Å². The van der Waals surface area contributed by atoms with Crippen molar-refractivity contribution in [2.24, 2.45) is 0 Å². The Hall–Kier alpha value is -1.58. The summed E-state index contributed by atoms with van der Waals surface area (Å²) in [4.78, 5) is 0. The second-order valence-electron chi connectivity index (χ2n) is 9.74. The Morgan fingerprint density at radius 1 is 0.500 bits per heavy atom. The molecule has 228 valence electrons. The van der Waals surface area contributed by atoms with E-state index in [0.717, 1.165) is 0 Å². The van der Waals surface area contributed by atoms with E-state index in [4.69, 9.17) is 28.4 Å². The first kappa shape index (κ1) is 31.4. The number of para-hydroxylation sites is 1. The first-order chi connectivity index (χ1) is 19.1. The summed E-state index contributed by atoms with van der Waals surface area (Å²) in [6, 6.07) is 8.27. The summed E-state index contributed by atoms with van der Waals surface area (Å²) in [5, 5.41) is 102. The molecular weight excluding hydrogens is 544 g/mol. The van der Waals surface area contributed by atoms with Crippen molar-refractivity contribution in [3.8, 4) is 5.75 Å². The number of aliphatic hydroxyl groups is 10. The molecule has 0 bridgehead atoms. The van der Waals surface area contributed by atoms with Crippen LogP contribution >= 0.6 is 0 Å². The summed E-state index contributed by atoms with van der Waals surface area (Å²) in [5.41, 5.74) is 0. The molecule has 1 aromatic rings. The highest BCUT2D eigenvalue weighted by atomic mass is 16.8. The molecule has 10 N–H and O–H groups in total. The molecule has 0 spiro atoms. The van der Waals surface area contributed by atoms with Crippen LogP contribution in [0.1, 0.15) is 0 Å². The Balaban J connectivity index is 1.43. The normalized spacial score (nSPS) is 46.2. The van der Waals surface area contributed by atoms with E-state index < -0.39 is 112 Å². The summed E-state index contributed by atoms with van der Waals surface area (Å²) in [7, 11) is 0. The molecule has 3 fully saturated rings. The third-order valence-electron chi connectivity index (χ3n) is 7.07. The van der Waals surface area contributed by atoms with E-state index >= 15 is 0 Å². The van der Waals surface area contributed by atoms with Crippen LogP contribution in [-0.2, 0) is 23.7 Å². The minimum absolute atomic E-state index is 0.320. The molecule has 3 aliphatic heterocycles. The molecule has 0 amide bonds. The van der Waals surface area contributed by atoms with Gasteiger partial charge in [-0.15, -0.1) is 0 Å². The molecule has 40 heavy (non-hydrogen) atoms. The van der Waals surface area contributed by atoms with Gasteiger partial charge < -0.3 is 79.5 Å². The van der Waals surface area contributed by atoms with Gasteiger partial charge in [-0.1, -0.05) is 18.2 Å². The Morgan fingerprint density at radius 2 is 0.925 bits per heavy atom. The molecule has 0 radical (unpaired) electrons. The summed E-state index contributed by atoms with van der Waals surface area (Å²) in [6.07, 6.45) is -24.4. The quantitative estimate of drug-likeness (QED) is 0.131. The van der Waals surface area contributed by atoms with Gasteiger partial charge in [0.25, 0.3) is 0 Å². The van der Waals surface area contributed by atoms with Crippen molar-refractivity contribution < 1.29 is 79.5 Å². The molecule has 0 aliphatic carbocycles. The van der Waals surface area contributed by atoms with Gasteiger partial charge in [-0.25, -0.2) is 0 Å². The van der Waals surface area contributed by atoms with Crippen LogP contribution in [0, 0.1) is 0 Å². The zero-order chi connectivity index (χ0) is 29.1. The molecule has 16 heteroatoms. The highest BCUT2D eigenvalue weighted by Crippen LogP contribution is 2.32. The molecule has 1 aromatic carbocycles. The third kappa shape index (κ3) is 6.41. The monoisotopic (exact) mass is 580 g/mol. The number of hydrogen-bond donors (Lipinski definition) is 10. The van der Waals surface area contributed by atoms with E-state index in [1.165, 1.54) is 0 Å². The SMILES string of the molecule is OC[C@H]1O[C@H](O[C@H]2[C@H](O)[C@@H](O)[C@@H](O[C@H]3[C@H](O)[C@@H](O)[C@@H](Oc4ccccc4)O[C@@H]3CO)O[C@@H]2CO)[C@H](O)[C@@H](O)[C@@H]1O. The number of benzene rings is 1. The van der Waals surface area contributed by atoms with Gasteiger partial charge in [-0.3, -0.25) is 0 Å². The molecule has 0 saturated carbocycles. The van der Waals surface area contributed by atoms with Crippen molar-refractivity contribution in [2.45, 2.75) is 92.1 Å². The van der Waals surface area contributed by atoms with Gasteiger partial charge in [0.1, 0.15) is 79.0 Å². The number of hydrogen-bond acceptors (Lipinski definition) is 16. The minimum Gasteiger partial charge on any atom is -0.462 e. The lowest BCUT2D eigenvalue weighted by Crippen LogP contribution is -2.66. The average Bonchev–Trinajstić information content (AvgIpc) is 2.96. The van der Waals surface area contributed by atoms with Gasteiger partial charge in [0.15, 0.2) is 12.6 Å². The molecule has 0 unspecified atom stereocenters. The lowest BCUT2D eigenvalue weighted by molar-refractivity contribution is -0.376. The van der Waals surface area contributed by atoms with E-state index in [1.54, 1.807) is 30.3 Å². The van der Waals surface area contributed by atoms with Crippen LogP contribution < -0.4 is 4.74 Å². The summed E-state index contributed by atoms with van der Waals surface area (Å²) in [6.45, 7) is -2.26. The van der Waals surface area contributed by atoms with Crippen LogP contribution in [0.15, 0.2) is 30.3 Å². The van der Waals surface area contributed by atoms with Gasteiger partial charge in [-0.05, 0) is 12.1 Å². The molecule has 3 saturated heterocycles. The molecule has 3 aliphatic rings. The van der Waals surface area contributed by atoms with E-state index in [9.17, 15) is 51.1 Å². The smallest absolute Gasteiger partial charge is 0.229 e.